The Morgan fingerprint density at radius 2 is 1.78 bits per heavy atom. The fraction of sp³-hybridized carbons (Fsp3) is 0.417. The van der Waals surface area contributed by atoms with Crippen LogP contribution in [0.5, 0.6) is 5.75 Å². The summed E-state index contributed by atoms with van der Waals surface area (Å²) in [6, 6.07) is 11.4. The first-order valence-electron chi connectivity index (χ1n) is 10.6. The number of nitrogens with one attached hydrogen (secondary N) is 1. The molecule has 7 nitrogen and oxygen atoms in total. The summed E-state index contributed by atoms with van der Waals surface area (Å²) in [5, 5.41) is 11.3. The van der Waals surface area contributed by atoms with Gasteiger partial charge in [-0.15, -0.1) is 0 Å². The van der Waals surface area contributed by atoms with Crippen LogP contribution in [0, 0.1) is 17.7 Å². The first kappa shape index (κ1) is 23.5. The maximum absolute atomic E-state index is 13.5. The summed E-state index contributed by atoms with van der Waals surface area (Å²) in [5.41, 5.74) is 1.92. The van der Waals surface area contributed by atoms with Gasteiger partial charge in [-0.25, -0.2) is 14.0 Å². The van der Waals surface area contributed by atoms with E-state index in [1.54, 1.807) is 30.3 Å². The molecule has 2 aromatic rings. The lowest BCUT2D eigenvalue weighted by Gasteiger charge is -2.27. The number of anilines is 1. The van der Waals surface area contributed by atoms with E-state index in [4.69, 9.17) is 19.3 Å². The second-order valence-corrected chi connectivity index (χ2v) is 7.94. The van der Waals surface area contributed by atoms with Crippen LogP contribution in [0.4, 0.5) is 14.9 Å². The van der Waals surface area contributed by atoms with Crippen LogP contribution in [0.3, 0.4) is 0 Å². The molecular formula is C24H28FNO6. The van der Waals surface area contributed by atoms with Crippen LogP contribution in [0.15, 0.2) is 42.5 Å². The molecule has 0 aromatic heterocycles. The number of hydrogen-bond acceptors (Lipinski definition) is 5. The second-order valence-electron chi connectivity index (χ2n) is 7.94. The van der Waals surface area contributed by atoms with Crippen LogP contribution in [0.1, 0.15) is 25.7 Å². The van der Waals surface area contributed by atoms with Gasteiger partial charge in [-0.2, -0.15) is 0 Å². The maximum atomic E-state index is 13.5. The molecule has 0 saturated heterocycles. The van der Waals surface area contributed by atoms with E-state index in [0.29, 0.717) is 36.1 Å². The number of carbonyl (C=O) groups excluding carboxylic acids is 1. The van der Waals surface area contributed by atoms with Crippen molar-refractivity contribution in [1.82, 2.24) is 0 Å². The van der Waals surface area contributed by atoms with Gasteiger partial charge in [0.2, 0.25) is 0 Å². The highest BCUT2D eigenvalue weighted by atomic mass is 19.1. The lowest BCUT2D eigenvalue weighted by Crippen LogP contribution is -2.25. The van der Waals surface area contributed by atoms with Gasteiger partial charge in [-0.1, -0.05) is 12.1 Å². The van der Waals surface area contributed by atoms with E-state index < -0.39 is 12.1 Å². The number of halogens is 1. The summed E-state index contributed by atoms with van der Waals surface area (Å²) < 4.78 is 29.5. The molecule has 1 saturated carbocycles. The normalized spacial score (nSPS) is 18.1. The van der Waals surface area contributed by atoms with Gasteiger partial charge in [0.05, 0.1) is 20.3 Å². The first-order chi connectivity index (χ1) is 15.4. The van der Waals surface area contributed by atoms with E-state index in [-0.39, 0.29) is 18.3 Å². The Hall–Kier alpha value is -3.13. The fourth-order valence-corrected chi connectivity index (χ4v) is 3.89. The lowest BCUT2D eigenvalue weighted by molar-refractivity contribution is -0.142. The lowest BCUT2D eigenvalue weighted by atomic mass is 9.83. The molecule has 172 valence electrons. The van der Waals surface area contributed by atoms with Gasteiger partial charge in [0.1, 0.15) is 18.2 Å². The number of carbonyl (C=O) groups is 2. The van der Waals surface area contributed by atoms with Crippen LogP contribution in [0.25, 0.3) is 11.1 Å². The first-order valence-corrected chi connectivity index (χ1v) is 10.6. The van der Waals surface area contributed by atoms with E-state index in [9.17, 15) is 14.0 Å². The maximum Gasteiger partial charge on any atom is 0.411 e. The average Bonchev–Trinajstić information content (AvgIpc) is 2.78. The van der Waals surface area contributed by atoms with Crippen molar-refractivity contribution in [3.8, 4) is 16.9 Å². The Balaban J connectivity index is 1.46. The van der Waals surface area contributed by atoms with Gasteiger partial charge in [-0.05, 0) is 67.3 Å². The summed E-state index contributed by atoms with van der Waals surface area (Å²) in [4.78, 5) is 22.7. The summed E-state index contributed by atoms with van der Waals surface area (Å²) in [6.45, 7) is 0.512. The third-order valence-electron chi connectivity index (χ3n) is 5.58. The molecular weight excluding hydrogens is 417 g/mol. The van der Waals surface area contributed by atoms with Crippen LogP contribution in [-0.4, -0.2) is 44.1 Å². The third-order valence-corrected chi connectivity index (χ3v) is 5.58. The van der Waals surface area contributed by atoms with Crippen molar-refractivity contribution in [2.24, 2.45) is 11.8 Å². The second kappa shape index (κ2) is 11.5. The molecule has 0 heterocycles. The molecule has 0 unspecified atom stereocenters. The molecule has 1 amide bonds. The summed E-state index contributed by atoms with van der Waals surface area (Å²) in [6.07, 6.45) is 3.12. The minimum atomic E-state index is -0.959. The predicted molar refractivity (Wildman–Crippen MR) is 117 cm³/mol. The SMILES string of the molecule is COc1cc(NC(=O)OCC2CCC(COCC(=O)O)CC2)ccc1-c1cccc(F)c1. The monoisotopic (exact) mass is 445 g/mol. The molecule has 2 aromatic carbocycles. The summed E-state index contributed by atoms with van der Waals surface area (Å²) in [5.74, 6) is -0.154. The molecule has 3 rings (SSSR count). The van der Waals surface area contributed by atoms with E-state index in [0.717, 1.165) is 31.2 Å². The minimum Gasteiger partial charge on any atom is -0.496 e. The Morgan fingerprint density at radius 1 is 1.06 bits per heavy atom. The third kappa shape index (κ3) is 6.95. The van der Waals surface area contributed by atoms with E-state index in [1.807, 2.05) is 0 Å². The largest absolute Gasteiger partial charge is 0.496 e. The number of methoxy groups -OCH3 is 1. The van der Waals surface area contributed by atoms with E-state index >= 15 is 0 Å². The molecule has 1 aliphatic carbocycles. The summed E-state index contributed by atoms with van der Waals surface area (Å²) >= 11 is 0. The van der Waals surface area contributed by atoms with Gasteiger partial charge in [0.25, 0.3) is 0 Å². The van der Waals surface area contributed by atoms with E-state index in [2.05, 4.69) is 5.32 Å². The molecule has 0 radical (unpaired) electrons. The molecule has 0 spiro atoms. The topological polar surface area (TPSA) is 94.1 Å². The molecule has 32 heavy (non-hydrogen) atoms. The van der Waals surface area contributed by atoms with Crippen molar-refractivity contribution in [2.45, 2.75) is 25.7 Å². The number of hydrogen-bond donors (Lipinski definition) is 2. The molecule has 1 aliphatic rings. The Labute approximate surface area is 186 Å². The number of rotatable bonds is 9. The number of benzene rings is 2. The van der Waals surface area contributed by atoms with E-state index in [1.165, 1.54) is 19.2 Å². The molecule has 1 fully saturated rings. The molecule has 2 N–H and O–H groups in total. The number of ether oxygens (including phenoxy) is 3. The number of aliphatic carboxylic acids is 1. The van der Waals surface area contributed by atoms with Crippen molar-refractivity contribution in [1.29, 1.82) is 0 Å². The molecule has 0 aliphatic heterocycles. The molecule has 0 bridgehead atoms. The highest BCUT2D eigenvalue weighted by Crippen LogP contribution is 2.33. The average molecular weight is 445 g/mol. The Bertz CT molecular complexity index is 926. The molecule has 8 heteroatoms. The summed E-state index contributed by atoms with van der Waals surface area (Å²) in [7, 11) is 1.52. The number of carboxylic acid groups (broad SMARTS) is 1. The van der Waals surface area contributed by atoms with Crippen molar-refractivity contribution in [2.75, 3.05) is 32.2 Å². The highest BCUT2D eigenvalue weighted by Gasteiger charge is 2.23. The zero-order valence-corrected chi connectivity index (χ0v) is 18.0. The zero-order chi connectivity index (χ0) is 22.9. The van der Waals surface area contributed by atoms with Crippen molar-refractivity contribution < 1.29 is 33.3 Å². The highest BCUT2D eigenvalue weighted by molar-refractivity contribution is 5.86. The van der Waals surface area contributed by atoms with Crippen LogP contribution >= 0.6 is 0 Å². The van der Waals surface area contributed by atoms with Gasteiger partial charge in [0.15, 0.2) is 0 Å². The van der Waals surface area contributed by atoms with Gasteiger partial charge in [0, 0.05) is 17.3 Å². The van der Waals surface area contributed by atoms with Gasteiger partial charge >= 0.3 is 12.1 Å². The smallest absolute Gasteiger partial charge is 0.411 e. The van der Waals surface area contributed by atoms with Gasteiger partial charge < -0.3 is 19.3 Å². The Kier molecular flexibility index (Phi) is 8.44. The van der Waals surface area contributed by atoms with Crippen molar-refractivity contribution >= 4 is 17.7 Å². The van der Waals surface area contributed by atoms with Crippen molar-refractivity contribution in [3.05, 3.63) is 48.3 Å². The molecule has 0 atom stereocenters. The minimum absolute atomic E-state index is 0.267. The standard InChI is InChI=1S/C24H28FNO6/c1-30-22-12-20(9-10-21(22)18-3-2-4-19(25)11-18)26-24(29)32-14-17-7-5-16(6-8-17)13-31-15-23(27)28/h2-4,9-12,16-17H,5-8,13-15H2,1H3,(H,26,29)(H,27,28). The quantitative estimate of drug-likeness (QED) is 0.567. The number of amides is 1. The number of carboxylic acids is 1. The Morgan fingerprint density at radius 3 is 2.44 bits per heavy atom. The van der Waals surface area contributed by atoms with Crippen LogP contribution < -0.4 is 10.1 Å². The van der Waals surface area contributed by atoms with Crippen molar-refractivity contribution in [3.63, 3.8) is 0 Å². The van der Waals surface area contributed by atoms with Gasteiger partial charge in [-0.3, -0.25) is 5.32 Å². The van der Waals surface area contributed by atoms with Crippen LogP contribution in [0.2, 0.25) is 0 Å². The fourth-order valence-electron chi connectivity index (χ4n) is 3.89. The van der Waals surface area contributed by atoms with Crippen LogP contribution in [-0.2, 0) is 14.3 Å². The zero-order valence-electron chi connectivity index (χ0n) is 18.0. The predicted octanol–water partition coefficient (Wildman–Crippen LogP) is 4.96.